The van der Waals surface area contributed by atoms with Gasteiger partial charge in [0.2, 0.25) is 0 Å². The number of hydrogen-bond acceptors (Lipinski definition) is 7. The van der Waals surface area contributed by atoms with Gasteiger partial charge in [0.1, 0.15) is 5.82 Å². The third-order valence-electron chi connectivity index (χ3n) is 7.09. The van der Waals surface area contributed by atoms with Crippen molar-refractivity contribution in [3.63, 3.8) is 0 Å². The Morgan fingerprint density at radius 1 is 1.21 bits per heavy atom. The molecule has 9 heteroatoms. The summed E-state index contributed by atoms with van der Waals surface area (Å²) < 4.78 is 5.51. The summed E-state index contributed by atoms with van der Waals surface area (Å²) in [5, 5.41) is 18.2. The smallest absolute Gasteiger partial charge is 0.253 e. The Labute approximate surface area is 224 Å². The quantitative estimate of drug-likeness (QED) is 0.353. The van der Waals surface area contributed by atoms with Gasteiger partial charge in [0.15, 0.2) is 0 Å². The van der Waals surface area contributed by atoms with Crippen molar-refractivity contribution in [2.75, 3.05) is 18.5 Å². The summed E-state index contributed by atoms with van der Waals surface area (Å²) in [6.07, 6.45) is 5.74. The minimum atomic E-state index is -0.352. The highest BCUT2D eigenvalue weighted by molar-refractivity contribution is 6.05. The van der Waals surface area contributed by atoms with Gasteiger partial charge in [-0.2, -0.15) is 0 Å². The molecule has 0 radical (unpaired) electrons. The summed E-state index contributed by atoms with van der Waals surface area (Å²) in [5.41, 5.74) is 4.04. The van der Waals surface area contributed by atoms with Gasteiger partial charge in [-0.1, -0.05) is 6.08 Å². The van der Waals surface area contributed by atoms with Gasteiger partial charge >= 0.3 is 0 Å². The van der Waals surface area contributed by atoms with Gasteiger partial charge in [-0.15, -0.1) is 0 Å². The maximum absolute atomic E-state index is 13.6. The number of carbonyl (C=O) groups is 1. The number of amides is 1. The van der Waals surface area contributed by atoms with Gasteiger partial charge in [-0.05, 0) is 84.1 Å². The number of hydrogen-bond donors (Lipinski definition) is 5. The molecule has 0 aromatic carbocycles. The van der Waals surface area contributed by atoms with Crippen LogP contribution >= 0.6 is 0 Å². The lowest BCUT2D eigenvalue weighted by molar-refractivity contribution is 0.0903. The Bertz CT molecular complexity index is 1320. The number of aromatic nitrogens is 2. The fourth-order valence-electron chi connectivity index (χ4n) is 5.64. The van der Waals surface area contributed by atoms with Crippen LogP contribution in [0.15, 0.2) is 23.0 Å². The average Bonchev–Trinajstić information content (AvgIpc) is 2.81. The van der Waals surface area contributed by atoms with E-state index in [-0.39, 0.29) is 35.1 Å². The van der Waals surface area contributed by atoms with Crippen molar-refractivity contribution in [2.24, 2.45) is 0 Å². The lowest BCUT2D eigenvalue weighted by Crippen LogP contribution is -2.53. The molecule has 0 spiro atoms. The fraction of sp³-hybridized carbons (Fsp3) is 0.517. The van der Waals surface area contributed by atoms with Crippen LogP contribution in [0.25, 0.3) is 5.57 Å². The van der Waals surface area contributed by atoms with Crippen LogP contribution in [-0.2, 0) is 11.3 Å². The molecule has 0 bridgehead atoms. The second-order valence-corrected chi connectivity index (χ2v) is 11.7. The minimum Gasteiger partial charge on any atom is -0.381 e. The number of nitrogens with one attached hydrogen (secondary N) is 5. The number of aryl methyl sites for hydroxylation is 2. The highest BCUT2D eigenvalue weighted by Crippen LogP contribution is 2.34. The van der Waals surface area contributed by atoms with E-state index in [1.54, 1.807) is 6.07 Å². The highest BCUT2D eigenvalue weighted by Gasteiger charge is 2.34. The van der Waals surface area contributed by atoms with Gasteiger partial charge in [0.05, 0.1) is 11.3 Å². The molecule has 204 valence electrons. The third kappa shape index (κ3) is 6.39. The number of H-pyrrole nitrogens is 1. The fourth-order valence-corrected chi connectivity index (χ4v) is 5.64. The Morgan fingerprint density at radius 3 is 2.55 bits per heavy atom. The van der Waals surface area contributed by atoms with Crippen LogP contribution in [-0.4, -0.2) is 52.4 Å². The van der Waals surface area contributed by atoms with Gasteiger partial charge < -0.3 is 31.1 Å². The lowest BCUT2D eigenvalue weighted by Gasteiger charge is -2.41. The van der Waals surface area contributed by atoms with E-state index in [0.717, 1.165) is 36.1 Å². The molecule has 0 saturated carbocycles. The number of carbonyl (C=O) groups excluding carboxylic acids is 1. The van der Waals surface area contributed by atoms with Crippen LogP contribution in [0.3, 0.4) is 0 Å². The standard InChI is InChI=1S/C29H40N6O3/c1-17-11-18(2)32-27(37)23(17)16-31-26(36)21-12-24(19-13-28(3,4)35-29(5,6)14-19)34-25(22(21)15-30)33-20-7-9-38-10-8-20/h11-13,15,20,30,35H,7-10,14,16H2,1-6H3,(H,31,36)(H,32,37)(H,33,34). The first-order chi connectivity index (χ1) is 17.9. The monoisotopic (exact) mass is 520 g/mol. The number of aromatic amines is 1. The van der Waals surface area contributed by atoms with Crippen molar-refractivity contribution in [1.82, 2.24) is 20.6 Å². The molecule has 4 rings (SSSR count). The zero-order chi connectivity index (χ0) is 27.7. The van der Waals surface area contributed by atoms with Gasteiger partial charge in [-0.3, -0.25) is 9.59 Å². The molecule has 0 unspecified atom stereocenters. The highest BCUT2D eigenvalue weighted by atomic mass is 16.5. The summed E-state index contributed by atoms with van der Waals surface area (Å²) >= 11 is 0. The molecule has 4 heterocycles. The predicted molar refractivity (Wildman–Crippen MR) is 151 cm³/mol. The zero-order valence-electron chi connectivity index (χ0n) is 23.3. The molecule has 38 heavy (non-hydrogen) atoms. The molecule has 5 N–H and O–H groups in total. The first-order valence-electron chi connectivity index (χ1n) is 13.3. The first-order valence-corrected chi connectivity index (χ1v) is 13.3. The molecular weight excluding hydrogens is 480 g/mol. The van der Waals surface area contributed by atoms with E-state index in [1.165, 1.54) is 6.21 Å². The maximum Gasteiger partial charge on any atom is 0.253 e. The summed E-state index contributed by atoms with van der Waals surface area (Å²) in [4.78, 5) is 33.9. The van der Waals surface area contributed by atoms with Crippen LogP contribution in [0.5, 0.6) is 0 Å². The molecule has 0 aliphatic carbocycles. The molecule has 9 nitrogen and oxygen atoms in total. The topological polar surface area (TPSA) is 132 Å². The molecule has 2 aliphatic rings. The van der Waals surface area contributed by atoms with E-state index in [9.17, 15) is 9.59 Å². The first kappa shape index (κ1) is 27.7. The predicted octanol–water partition coefficient (Wildman–Crippen LogP) is 3.84. The lowest BCUT2D eigenvalue weighted by atomic mass is 9.82. The second-order valence-electron chi connectivity index (χ2n) is 11.7. The number of anilines is 1. The van der Waals surface area contributed by atoms with E-state index in [2.05, 4.69) is 54.7 Å². The van der Waals surface area contributed by atoms with Crippen LogP contribution in [0.4, 0.5) is 5.82 Å². The Hall–Kier alpha value is -3.30. The van der Waals surface area contributed by atoms with E-state index in [1.807, 2.05) is 19.9 Å². The Balaban J connectivity index is 1.74. The zero-order valence-corrected chi connectivity index (χ0v) is 23.3. The molecule has 0 atom stereocenters. The van der Waals surface area contributed by atoms with Crippen molar-refractivity contribution in [2.45, 2.75) is 84.5 Å². The summed E-state index contributed by atoms with van der Waals surface area (Å²) in [7, 11) is 0. The summed E-state index contributed by atoms with van der Waals surface area (Å²) in [5.74, 6) is 0.170. The number of ether oxygens (including phenoxy) is 1. The SMILES string of the molecule is Cc1cc(C)c(CNC(=O)c2cc(C3=CC(C)(C)NC(C)(C)C3)nc(NC3CCOCC3)c2C=N)c(=O)[nH]1. The van der Waals surface area contributed by atoms with Gasteiger partial charge in [0, 0.05) is 59.9 Å². The largest absolute Gasteiger partial charge is 0.381 e. The van der Waals surface area contributed by atoms with Crippen molar-refractivity contribution in [3.8, 4) is 0 Å². The normalized spacial score (nSPS) is 18.9. The average molecular weight is 521 g/mol. The van der Waals surface area contributed by atoms with E-state index >= 15 is 0 Å². The van der Waals surface area contributed by atoms with Crippen molar-refractivity contribution in [3.05, 3.63) is 62.2 Å². The summed E-state index contributed by atoms with van der Waals surface area (Å²) in [6, 6.07) is 3.81. The molecule has 1 fully saturated rings. The Kier molecular flexibility index (Phi) is 7.90. The minimum absolute atomic E-state index is 0.0881. The van der Waals surface area contributed by atoms with Crippen molar-refractivity contribution >= 4 is 23.5 Å². The third-order valence-corrected chi connectivity index (χ3v) is 7.09. The molecule has 1 saturated heterocycles. The maximum atomic E-state index is 13.6. The van der Waals surface area contributed by atoms with E-state index in [0.29, 0.717) is 41.4 Å². The second kappa shape index (κ2) is 10.8. The number of nitrogens with zero attached hydrogens (tertiary/aromatic N) is 1. The van der Waals surface area contributed by atoms with E-state index < -0.39 is 0 Å². The van der Waals surface area contributed by atoms with Crippen LogP contribution in [0.2, 0.25) is 0 Å². The molecule has 2 aliphatic heterocycles. The van der Waals surface area contributed by atoms with Crippen molar-refractivity contribution < 1.29 is 9.53 Å². The van der Waals surface area contributed by atoms with Crippen molar-refractivity contribution in [1.29, 1.82) is 5.41 Å². The molecule has 2 aromatic heterocycles. The van der Waals surface area contributed by atoms with E-state index in [4.69, 9.17) is 15.1 Å². The number of rotatable bonds is 7. The van der Waals surface area contributed by atoms with Crippen LogP contribution in [0.1, 0.15) is 85.4 Å². The van der Waals surface area contributed by atoms with Crippen LogP contribution < -0.4 is 21.5 Å². The Morgan fingerprint density at radius 2 is 1.92 bits per heavy atom. The molecule has 1 amide bonds. The molecular formula is C29H40N6O3. The number of pyridine rings is 2. The molecule has 2 aromatic rings. The van der Waals surface area contributed by atoms with Crippen LogP contribution in [0, 0.1) is 19.3 Å². The van der Waals surface area contributed by atoms with Gasteiger partial charge in [-0.25, -0.2) is 4.98 Å². The van der Waals surface area contributed by atoms with Gasteiger partial charge in [0.25, 0.3) is 11.5 Å². The summed E-state index contributed by atoms with van der Waals surface area (Å²) in [6.45, 7) is 13.7.